The van der Waals surface area contributed by atoms with Crippen molar-refractivity contribution in [1.82, 2.24) is 0 Å². The summed E-state index contributed by atoms with van der Waals surface area (Å²) >= 11 is 0. The zero-order valence-corrected chi connectivity index (χ0v) is 17.7. The van der Waals surface area contributed by atoms with Crippen LogP contribution in [-0.2, 0) is 9.47 Å². The van der Waals surface area contributed by atoms with Crippen LogP contribution in [0.1, 0.15) is 51.1 Å². The van der Waals surface area contributed by atoms with Gasteiger partial charge in [-0.3, -0.25) is 0 Å². The maximum Gasteiger partial charge on any atom is 0.337 e. The van der Waals surface area contributed by atoms with Crippen LogP contribution in [0.25, 0.3) is 0 Å². The molecule has 0 spiro atoms. The first-order chi connectivity index (χ1) is 13.5. The van der Waals surface area contributed by atoms with Gasteiger partial charge >= 0.3 is 11.9 Å². The smallest absolute Gasteiger partial charge is 0.337 e. The van der Waals surface area contributed by atoms with Crippen molar-refractivity contribution in [3.8, 4) is 0 Å². The minimum Gasteiger partial charge on any atom is -0.466 e. The molecule has 0 N–H and O–H groups in total. The maximum absolute atomic E-state index is 12.4. The van der Waals surface area contributed by atoms with Crippen LogP contribution in [0, 0.1) is 13.8 Å². The van der Waals surface area contributed by atoms with Gasteiger partial charge in [-0.15, -0.1) is 0 Å². The molecule has 0 amide bonds. The van der Waals surface area contributed by atoms with E-state index in [1.807, 2.05) is 38.1 Å². The van der Waals surface area contributed by atoms with Crippen molar-refractivity contribution in [2.45, 2.75) is 45.2 Å². The first-order valence-corrected chi connectivity index (χ1v) is 12.8. The van der Waals surface area contributed by atoms with Crippen LogP contribution in [-0.4, -0.2) is 32.5 Å². The van der Waals surface area contributed by atoms with E-state index >= 15 is 0 Å². The number of rotatable bonds is 6. The number of carbonyl (C=O) groups excluding carboxylic acids is 2. The second kappa shape index (κ2) is 9.19. The first kappa shape index (κ1) is 20.3. The van der Waals surface area contributed by atoms with E-state index in [-0.39, 0.29) is 11.9 Å². The van der Waals surface area contributed by atoms with Gasteiger partial charge in [0.05, 0.1) is 23.6 Å². The predicted molar refractivity (Wildman–Crippen MR) is 112 cm³/mol. The molecule has 4 nitrogen and oxygen atoms in total. The van der Waals surface area contributed by atoms with Crippen LogP contribution in [0.3, 0.4) is 0 Å². The molecule has 0 atom stereocenters. The molecule has 0 aromatic heterocycles. The monoisotopic (exact) mass is 396 g/mol. The summed E-state index contributed by atoms with van der Waals surface area (Å²) in [7, 11) is -1.98. The Bertz CT molecular complexity index is 742. The van der Waals surface area contributed by atoms with E-state index in [1.54, 1.807) is 24.3 Å². The van der Waals surface area contributed by atoms with Crippen LogP contribution in [0.2, 0.25) is 12.1 Å². The molecule has 3 rings (SSSR count). The van der Waals surface area contributed by atoms with Crippen LogP contribution in [0.15, 0.2) is 48.5 Å². The van der Waals surface area contributed by atoms with E-state index in [9.17, 15) is 9.59 Å². The lowest BCUT2D eigenvalue weighted by Crippen LogP contribution is -2.48. The van der Waals surface area contributed by atoms with Crippen molar-refractivity contribution in [3.63, 3.8) is 0 Å². The topological polar surface area (TPSA) is 52.6 Å². The molecule has 0 saturated carbocycles. The molecule has 148 valence electrons. The number of aryl methyl sites for hydroxylation is 2. The quantitative estimate of drug-likeness (QED) is 0.508. The highest BCUT2D eigenvalue weighted by atomic mass is 28.3. The SMILES string of the molecule is Cc1ccc(C(=O)OC[Si]2(COC(=O)c3ccc(C)cc3)CCCCC2)cc1. The molecule has 1 heterocycles. The predicted octanol–water partition coefficient (Wildman–Crippen LogP) is 5.03. The second-order valence-electron chi connectivity index (χ2n) is 7.94. The zero-order chi connectivity index (χ0) is 20.0. The molecule has 1 aliphatic rings. The first-order valence-electron chi connectivity index (χ1n) is 9.95. The van der Waals surface area contributed by atoms with Crippen molar-refractivity contribution in [2.24, 2.45) is 0 Å². The van der Waals surface area contributed by atoms with E-state index < -0.39 is 8.07 Å². The fraction of sp³-hybridized carbons (Fsp3) is 0.391. The van der Waals surface area contributed by atoms with Gasteiger partial charge in [0, 0.05) is 0 Å². The zero-order valence-electron chi connectivity index (χ0n) is 16.7. The summed E-state index contributed by atoms with van der Waals surface area (Å²) in [5.41, 5.74) is 3.36. The number of hydrogen-bond donors (Lipinski definition) is 0. The van der Waals surface area contributed by atoms with E-state index in [1.165, 1.54) is 6.42 Å². The van der Waals surface area contributed by atoms with E-state index in [0.717, 1.165) is 36.1 Å². The molecule has 28 heavy (non-hydrogen) atoms. The van der Waals surface area contributed by atoms with Gasteiger partial charge in [0.15, 0.2) is 0 Å². The van der Waals surface area contributed by atoms with Gasteiger partial charge in [0.2, 0.25) is 0 Å². The van der Waals surface area contributed by atoms with Crippen molar-refractivity contribution in [3.05, 3.63) is 70.8 Å². The Morgan fingerprint density at radius 1 is 0.714 bits per heavy atom. The standard InChI is InChI=1S/C23H28O4Si/c1-18-6-10-20(11-7-18)22(24)26-16-28(14-4-3-5-15-28)17-27-23(25)21-12-8-19(2)9-13-21/h6-13H,3-5,14-17H2,1-2H3. The molecule has 0 radical (unpaired) electrons. The van der Waals surface area contributed by atoms with Crippen molar-refractivity contribution in [1.29, 1.82) is 0 Å². The Morgan fingerprint density at radius 2 is 1.11 bits per heavy atom. The molecule has 1 fully saturated rings. The summed E-state index contributed by atoms with van der Waals surface area (Å²) in [5.74, 6) is -0.579. The summed E-state index contributed by atoms with van der Waals surface area (Å²) in [6, 6.07) is 16.9. The van der Waals surface area contributed by atoms with Crippen LogP contribution >= 0.6 is 0 Å². The third-order valence-corrected chi connectivity index (χ3v) is 9.85. The number of carbonyl (C=O) groups is 2. The van der Waals surface area contributed by atoms with Crippen molar-refractivity contribution in [2.75, 3.05) is 12.5 Å². The lowest BCUT2D eigenvalue weighted by Gasteiger charge is -2.33. The highest BCUT2D eigenvalue weighted by molar-refractivity contribution is 6.80. The van der Waals surface area contributed by atoms with Gasteiger partial charge in [-0.1, -0.05) is 66.7 Å². The number of ether oxygens (including phenoxy) is 2. The summed E-state index contributed by atoms with van der Waals surface area (Å²) in [5, 5.41) is 0. The van der Waals surface area contributed by atoms with Crippen molar-refractivity contribution >= 4 is 20.0 Å². The molecule has 5 heteroatoms. The van der Waals surface area contributed by atoms with Crippen LogP contribution in [0.4, 0.5) is 0 Å². The van der Waals surface area contributed by atoms with Crippen LogP contribution < -0.4 is 0 Å². The molecular formula is C23H28O4Si. The van der Waals surface area contributed by atoms with Gasteiger partial charge in [0.25, 0.3) is 0 Å². The minimum absolute atomic E-state index is 0.290. The third kappa shape index (κ3) is 5.32. The van der Waals surface area contributed by atoms with E-state index in [0.29, 0.717) is 23.6 Å². The minimum atomic E-state index is -1.98. The average Bonchev–Trinajstić information content (AvgIpc) is 2.72. The van der Waals surface area contributed by atoms with Gasteiger partial charge in [-0.05, 0) is 38.1 Å². The van der Waals surface area contributed by atoms with Crippen molar-refractivity contribution < 1.29 is 19.1 Å². The number of hydrogen-bond acceptors (Lipinski definition) is 4. The molecule has 0 unspecified atom stereocenters. The van der Waals surface area contributed by atoms with Crippen LogP contribution in [0.5, 0.6) is 0 Å². The number of benzene rings is 2. The van der Waals surface area contributed by atoms with Gasteiger partial charge in [-0.2, -0.15) is 0 Å². The molecular weight excluding hydrogens is 368 g/mol. The molecule has 0 bridgehead atoms. The molecule has 1 aliphatic heterocycles. The average molecular weight is 397 g/mol. The lowest BCUT2D eigenvalue weighted by atomic mass is 10.2. The summed E-state index contributed by atoms with van der Waals surface area (Å²) in [4.78, 5) is 24.8. The lowest BCUT2D eigenvalue weighted by molar-refractivity contribution is 0.0530. The summed E-state index contributed by atoms with van der Waals surface area (Å²) in [6.07, 6.45) is 4.28. The van der Waals surface area contributed by atoms with Gasteiger partial charge in [-0.25, -0.2) is 9.59 Å². The Kier molecular flexibility index (Phi) is 6.68. The van der Waals surface area contributed by atoms with Gasteiger partial charge < -0.3 is 9.47 Å². The largest absolute Gasteiger partial charge is 0.466 e. The fourth-order valence-electron chi connectivity index (χ4n) is 3.62. The Morgan fingerprint density at radius 3 is 1.50 bits per heavy atom. The normalized spacial score (nSPS) is 15.6. The summed E-state index contributed by atoms with van der Waals surface area (Å²) < 4.78 is 11.4. The molecule has 2 aromatic rings. The molecule has 0 aliphatic carbocycles. The number of esters is 2. The van der Waals surface area contributed by atoms with Gasteiger partial charge in [0.1, 0.15) is 8.07 Å². The fourth-order valence-corrected chi connectivity index (χ4v) is 7.40. The van der Waals surface area contributed by atoms with E-state index in [4.69, 9.17) is 9.47 Å². The third-order valence-electron chi connectivity index (χ3n) is 5.51. The van der Waals surface area contributed by atoms with E-state index in [2.05, 4.69) is 0 Å². The molecule has 1 saturated heterocycles. The Labute approximate surface area is 167 Å². The second-order valence-corrected chi connectivity index (χ2v) is 12.5. The molecule has 2 aromatic carbocycles. The Hall–Kier alpha value is -2.40. The highest BCUT2D eigenvalue weighted by Gasteiger charge is 2.38. The Balaban J connectivity index is 1.61. The maximum atomic E-state index is 12.4. The highest BCUT2D eigenvalue weighted by Crippen LogP contribution is 2.29. The summed E-state index contributed by atoms with van der Waals surface area (Å²) in [6.45, 7) is 3.98.